The average molecular weight is 542 g/mol. The molecular weight excluding hydrogens is 517 g/mol. The summed E-state index contributed by atoms with van der Waals surface area (Å²) in [6.07, 6.45) is 1.91. The normalized spacial score (nSPS) is 17.9. The standard InChI is InChI=1S/C22H24FN3O6S3/c1-32-13-12-25-18-10-9-17(34(2,28)29)14-20(18)33-22(25)24-21(27)19-4-3-11-26(19)35(30,31)16-7-5-15(23)6-8-16/h5-10,14,19H,3-4,11-13H2,1-2H3. The highest BCUT2D eigenvalue weighted by molar-refractivity contribution is 7.90. The first-order valence-electron chi connectivity index (χ1n) is 10.7. The van der Waals surface area contributed by atoms with E-state index >= 15 is 0 Å². The Kier molecular flexibility index (Phi) is 7.25. The van der Waals surface area contributed by atoms with E-state index in [1.165, 1.54) is 31.4 Å². The molecule has 9 nitrogen and oxygen atoms in total. The number of methoxy groups -OCH3 is 1. The van der Waals surface area contributed by atoms with Gasteiger partial charge in [0.1, 0.15) is 11.9 Å². The third-order valence-electron chi connectivity index (χ3n) is 5.72. The van der Waals surface area contributed by atoms with Crippen LogP contribution in [0, 0.1) is 5.82 Å². The van der Waals surface area contributed by atoms with Crippen molar-refractivity contribution in [1.29, 1.82) is 0 Å². The summed E-state index contributed by atoms with van der Waals surface area (Å²) in [4.78, 5) is 17.9. The highest BCUT2D eigenvalue weighted by Gasteiger charge is 2.39. The van der Waals surface area contributed by atoms with Crippen LogP contribution < -0.4 is 4.80 Å². The predicted octanol–water partition coefficient (Wildman–Crippen LogP) is 2.17. The quantitative estimate of drug-likeness (QED) is 0.453. The second kappa shape index (κ2) is 9.90. The summed E-state index contributed by atoms with van der Waals surface area (Å²) in [5.41, 5.74) is 0.688. The molecule has 3 aromatic rings. The van der Waals surface area contributed by atoms with Crippen molar-refractivity contribution in [2.45, 2.75) is 35.2 Å². The minimum Gasteiger partial charge on any atom is -0.383 e. The number of carbonyl (C=O) groups excluding carboxylic acids is 1. The Balaban J connectivity index is 1.74. The van der Waals surface area contributed by atoms with Crippen molar-refractivity contribution in [3.05, 3.63) is 53.1 Å². The van der Waals surface area contributed by atoms with Gasteiger partial charge in [-0.05, 0) is 55.3 Å². The number of hydrogen-bond donors (Lipinski definition) is 0. The number of sulfonamides is 1. The monoisotopic (exact) mass is 541 g/mol. The lowest BCUT2D eigenvalue weighted by molar-refractivity contribution is -0.121. The average Bonchev–Trinajstić information content (AvgIpc) is 3.42. The Morgan fingerprint density at radius 1 is 1.14 bits per heavy atom. The summed E-state index contributed by atoms with van der Waals surface area (Å²) in [5, 5.41) is 0. The van der Waals surface area contributed by atoms with Crippen LogP contribution in [0.1, 0.15) is 12.8 Å². The highest BCUT2D eigenvalue weighted by Crippen LogP contribution is 2.27. The van der Waals surface area contributed by atoms with Gasteiger partial charge < -0.3 is 9.30 Å². The first-order chi connectivity index (χ1) is 16.5. The zero-order valence-corrected chi connectivity index (χ0v) is 21.5. The van der Waals surface area contributed by atoms with Crippen molar-refractivity contribution < 1.29 is 30.8 Å². The number of thiazole rings is 1. The number of fused-ring (bicyclic) bond motifs is 1. The second-order valence-electron chi connectivity index (χ2n) is 8.11. The second-order valence-corrected chi connectivity index (χ2v) is 13.0. The van der Waals surface area contributed by atoms with Gasteiger partial charge in [-0.1, -0.05) is 11.3 Å². The van der Waals surface area contributed by atoms with Crippen LogP contribution in [0.25, 0.3) is 10.2 Å². The molecule has 1 aliphatic rings. The van der Waals surface area contributed by atoms with Gasteiger partial charge in [0.15, 0.2) is 14.6 Å². The molecule has 13 heteroatoms. The van der Waals surface area contributed by atoms with Gasteiger partial charge in [-0.3, -0.25) is 4.79 Å². The summed E-state index contributed by atoms with van der Waals surface area (Å²) in [5.74, 6) is -1.17. The Morgan fingerprint density at radius 3 is 2.49 bits per heavy atom. The topological polar surface area (TPSA) is 115 Å². The first-order valence-corrected chi connectivity index (χ1v) is 14.9. The van der Waals surface area contributed by atoms with Crippen LogP contribution >= 0.6 is 11.3 Å². The largest absolute Gasteiger partial charge is 0.383 e. The SMILES string of the molecule is COCCn1c(=NC(=O)C2CCCN2S(=O)(=O)c2ccc(F)cc2)sc2cc(S(C)(=O)=O)ccc21. The molecule has 1 unspecified atom stereocenters. The van der Waals surface area contributed by atoms with Crippen LogP contribution in [0.4, 0.5) is 4.39 Å². The van der Waals surface area contributed by atoms with Crippen LogP contribution in [-0.4, -0.2) is 64.2 Å². The van der Waals surface area contributed by atoms with Crippen molar-refractivity contribution in [3.8, 4) is 0 Å². The van der Waals surface area contributed by atoms with Crippen molar-refractivity contribution in [3.63, 3.8) is 0 Å². The predicted molar refractivity (Wildman–Crippen MR) is 129 cm³/mol. The molecule has 35 heavy (non-hydrogen) atoms. The smallest absolute Gasteiger partial charge is 0.266 e. The fraction of sp³-hybridized carbons (Fsp3) is 0.364. The third kappa shape index (κ3) is 5.23. The van der Waals surface area contributed by atoms with Gasteiger partial charge in [0.05, 0.1) is 26.6 Å². The maximum atomic E-state index is 13.3. The van der Waals surface area contributed by atoms with E-state index in [9.17, 15) is 26.0 Å². The molecule has 1 atom stereocenters. The number of sulfone groups is 1. The van der Waals surface area contributed by atoms with Gasteiger partial charge in [-0.2, -0.15) is 9.30 Å². The van der Waals surface area contributed by atoms with Crippen molar-refractivity contribution in [2.24, 2.45) is 4.99 Å². The maximum absolute atomic E-state index is 13.3. The fourth-order valence-electron chi connectivity index (χ4n) is 3.95. The lowest BCUT2D eigenvalue weighted by Crippen LogP contribution is -2.40. The number of benzene rings is 2. The molecule has 0 bridgehead atoms. The fourth-order valence-corrected chi connectivity index (χ4v) is 7.43. The number of hydrogen-bond acceptors (Lipinski definition) is 7. The highest BCUT2D eigenvalue weighted by atomic mass is 32.2. The van der Waals surface area contributed by atoms with Crippen LogP contribution in [0.3, 0.4) is 0 Å². The Labute approximate surface area is 206 Å². The number of aromatic nitrogens is 1. The van der Waals surface area contributed by atoms with Crippen molar-refractivity contribution in [2.75, 3.05) is 26.5 Å². The van der Waals surface area contributed by atoms with Crippen LogP contribution in [-0.2, 0) is 35.9 Å². The van der Waals surface area contributed by atoms with E-state index in [4.69, 9.17) is 4.74 Å². The molecule has 0 radical (unpaired) electrons. The molecule has 0 aliphatic carbocycles. The molecule has 1 amide bonds. The van der Waals surface area contributed by atoms with E-state index in [-0.39, 0.29) is 16.3 Å². The zero-order chi connectivity index (χ0) is 25.4. The Hall–Kier alpha value is -2.45. The van der Waals surface area contributed by atoms with Gasteiger partial charge >= 0.3 is 0 Å². The molecule has 2 aromatic carbocycles. The number of halogens is 1. The molecule has 0 N–H and O–H groups in total. The van der Waals surface area contributed by atoms with Gasteiger partial charge in [-0.15, -0.1) is 0 Å². The molecule has 4 rings (SSSR count). The van der Waals surface area contributed by atoms with E-state index in [1.807, 2.05) is 0 Å². The van der Waals surface area contributed by atoms with Crippen LogP contribution in [0.5, 0.6) is 0 Å². The molecule has 188 valence electrons. The number of rotatable bonds is 7. The van der Waals surface area contributed by atoms with Crippen LogP contribution in [0.2, 0.25) is 0 Å². The molecular formula is C22H24FN3O6S3. The summed E-state index contributed by atoms with van der Waals surface area (Å²) in [6, 6.07) is 8.16. The summed E-state index contributed by atoms with van der Waals surface area (Å²) in [7, 11) is -5.91. The summed E-state index contributed by atoms with van der Waals surface area (Å²) >= 11 is 1.14. The van der Waals surface area contributed by atoms with Gasteiger partial charge in [0.25, 0.3) is 5.91 Å². The van der Waals surface area contributed by atoms with E-state index in [0.717, 1.165) is 34.0 Å². The molecule has 0 saturated carbocycles. The van der Waals surface area contributed by atoms with E-state index in [2.05, 4.69) is 4.99 Å². The van der Waals surface area contributed by atoms with Crippen molar-refractivity contribution in [1.82, 2.24) is 8.87 Å². The molecule has 0 spiro atoms. The maximum Gasteiger partial charge on any atom is 0.266 e. The number of ether oxygens (including phenoxy) is 1. The molecule has 1 aromatic heterocycles. The van der Waals surface area contributed by atoms with Gasteiger partial charge in [0.2, 0.25) is 10.0 Å². The van der Waals surface area contributed by atoms with Crippen molar-refractivity contribution >= 4 is 47.3 Å². The first kappa shape index (κ1) is 25.6. The third-order valence-corrected chi connectivity index (χ3v) is 9.79. The molecule has 1 saturated heterocycles. The minimum atomic E-state index is -4.02. The van der Waals surface area contributed by atoms with E-state index in [1.54, 1.807) is 10.6 Å². The van der Waals surface area contributed by atoms with Gasteiger partial charge in [0, 0.05) is 26.5 Å². The number of amides is 1. The van der Waals surface area contributed by atoms with Crippen LogP contribution in [0.15, 0.2) is 57.2 Å². The zero-order valence-electron chi connectivity index (χ0n) is 19.0. The van der Waals surface area contributed by atoms with E-state index in [0.29, 0.717) is 41.0 Å². The molecule has 1 fully saturated rings. The lowest BCUT2D eigenvalue weighted by atomic mass is 10.2. The molecule has 2 heterocycles. The summed E-state index contributed by atoms with van der Waals surface area (Å²) < 4.78 is 72.1. The molecule has 1 aliphatic heterocycles. The number of carbonyl (C=O) groups is 1. The Bertz CT molecular complexity index is 1540. The summed E-state index contributed by atoms with van der Waals surface area (Å²) in [6.45, 7) is 0.845. The van der Waals surface area contributed by atoms with E-state index < -0.39 is 37.6 Å². The lowest BCUT2D eigenvalue weighted by Gasteiger charge is -2.21. The number of nitrogens with zero attached hydrogens (tertiary/aromatic N) is 3. The Morgan fingerprint density at radius 2 is 1.83 bits per heavy atom. The minimum absolute atomic E-state index is 0.0936. The van der Waals surface area contributed by atoms with Gasteiger partial charge in [-0.25, -0.2) is 21.2 Å².